The molecule has 0 unspecified atom stereocenters. The van der Waals surface area contributed by atoms with Crippen molar-refractivity contribution < 1.29 is 17.9 Å². The second kappa shape index (κ2) is 6.93. The zero-order valence-corrected chi connectivity index (χ0v) is 15.6. The van der Waals surface area contributed by atoms with E-state index in [1.165, 1.54) is 13.3 Å². The molecule has 3 rings (SSSR count). The SMILES string of the molecule is COc1ccc(-c2c(C(=O)c3ccccc3)cnn2S(C)(=O)=O)cc1Cl. The summed E-state index contributed by atoms with van der Waals surface area (Å²) in [6.07, 6.45) is 2.27. The Bertz CT molecular complexity index is 1080. The lowest BCUT2D eigenvalue weighted by atomic mass is 10.0. The van der Waals surface area contributed by atoms with Gasteiger partial charge in [0.25, 0.3) is 10.0 Å². The number of methoxy groups -OCH3 is 1. The van der Waals surface area contributed by atoms with E-state index in [9.17, 15) is 13.2 Å². The maximum atomic E-state index is 12.9. The number of hydrogen-bond donors (Lipinski definition) is 0. The lowest BCUT2D eigenvalue weighted by molar-refractivity contribution is 0.103. The Labute approximate surface area is 156 Å². The van der Waals surface area contributed by atoms with E-state index >= 15 is 0 Å². The molecule has 0 fully saturated rings. The van der Waals surface area contributed by atoms with Crippen LogP contribution in [0, 0.1) is 0 Å². The summed E-state index contributed by atoms with van der Waals surface area (Å²) in [7, 11) is -2.25. The summed E-state index contributed by atoms with van der Waals surface area (Å²) < 4.78 is 30.2. The average Bonchev–Trinajstić information content (AvgIpc) is 3.07. The van der Waals surface area contributed by atoms with E-state index in [2.05, 4.69) is 5.10 Å². The molecule has 0 atom stereocenters. The number of carbonyl (C=O) groups excluding carboxylic acids is 1. The summed E-state index contributed by atoms with van der Waals surface area (Å²) in [4.78, 5) is 12.9. The number of ether oxygens (including phenoxy) is 1. The summed E-state index contributed by atoms with van der Waals surface area (Å²) in [6.45, 7) is 0. The molecule has 0 radical (unpaired) electrons. The zero-order valence-electron chi connectivity index (χ0n) is 14.0. The fourth-order valence-corrected chi connectivity index (χ4v) is 3.59. The standard InChI is InChI=1S/C18H15ClN2O4S/c1-25-16-9-8-13(10-15(16)19)17-14(11-20-21(17)26(2,23)24)18(22)12-6-4-3-5-7-12/h3-11H,1-2H3. The highest BCUT2D eigenvalue weighted by atomic mass is 35.5. The Morgan fingerprint density at radius 1 is 1.15 bits per heavy atom. The molecule has 0 saturated heterocycles. The third-order valence-electron chi connectivity index (χ3n) is 3.76. The zero-order chi connectivity index (χ0) is 18.9. The van der Waals surface area contributed by atoms with Gasteiger partial charge < -0.3 is 4.74 Å². The van der Waals surface area contributed by atoms with Crippen molar-refractivity contribution in [1.29, 1.82) is 0 Å². The van der Waals surface area contributed by atoms with E-state index in [0.717, 1.165) is 10.3 Å². The number of aromatic nitrogens is 2. The van der Waals surface area contributed by atoms with Crippen molar-refractivity contribution in [2.75, 3.05) is 13.4 Å². The van der Waals surface area contributed by atoms with E-state index in [0.29, 0.717) is 21.9 Å². The van der Waals surface area contributed by atoms with Crippen LogP contribution in [0.25, 0.3) is 11.3 Å². The van der Waals surface area contributed by atoms with E-state index in [1.54, 1.807) is 48.5 Å². The molecule has 0 bridgehead atoms. The molecule has 134 valence electrons. The van der Waals surface area contributed by atoms with Gasteiger partial charge >= 0.3 is 0 Å². The summed E-state index contributed by atoms with van der Waals surface area (Å²) in [5.41, 5.74) is 1.20. The molecular formula is C18H15ClN2O4S. The molecular weight excluding hydrogens is 376 g/mol. The Kier molecular flexibility index (Phi) is 4.84. The van der Waals surface area contributed by atoms with E-state index < -0.39 is 10.0 Å². The van der Waals surface area contributed by atoms with Crippen LogP contribution < -0.4 is 4.74 Å². The number of hydrogen-bond acceptors (Lipinski definition) is 5. The highest BCUT2D eigenvalue weighted by molar-refractivity contribution is 7.89. The lowest BCUT2D eigenvalue weighted by Crippen LogP contribution is -2.14. The van der Waals surface area contributed by atoms with Gasteiger partial charge in [0.15, 0.2) is 5.78 Å². The summed E-state index contributed by atoms with van der Waals surface area (Å²) in [5, 5.41) is 4.21. The van der Waals surface area contributed by atoms with Gasteiger partial charge in [0, 0.05) is 11.1 Å². The van der Waals surface area contributed by atoms with Crippen LogP contribution in [-0.4, -0.2) is 36.8 Å². The van der Waals surface area contributed by atoms with Crippen molar-refractivity contribution in [2.24, 2.45) is 0 Å². The Morgan fingerprint density at radius 2 is 1.85 bits per heavy atom. The molecule has 0 N–H and O–H groups in total. The van der Waals surface area contributed by atoms with Crippen LogP contribution in [0.4, 0.5) is 0 Å². The molecule has 2 aromatic carbocycles. The lowest BCUT2D eigenvalue weighted by Gasteiger charge is -2.10. The Hall–Kier alpha value is -2.64. The van der Waals surface area contributed by atoms with Crippen LogP contribution >= 0.6 is 11.6 Å². The highest BCUT2D eigenvalue weighted by Crippen LogP contribution is 2.33. The second-order valence-electron chi connectivity index (χ2n) is 5.56. The van der Waals surface area contributed by atoms with Crippen LogP contribution in [0.2, 0.25) is 5.02 Å². The van der Waals surface area contributed by atoms with Gasteiger partial charge in [-0.1, -0.05) is 41.9 Å². The Morgan fingerprint density at radius 3 is 2.42 bits per heavy atom. The quantitative estimate of drug-likeness (QED) is 0.625. The number of ketones is 1. The first-order valence-electron chi connectivity index (χ1n) is 7.55. The van der Waals surface area contributed by atoms with Gasteiger partial charge in [-0.05, 0) is 18.2 Å². The minimum absolute atomic E-state index is 0.158. The van der Waals surface area contributed by atoms with Gasteiger partial charge in [0.05, 0.1) is 35.8 Å². The van der Waals surface area contributed by atoms with E-state index in [4.69, 9.17) is 16.3 Å². The number of rotatable bonds is 5. The maximum absolute atomic E-state index is 12.9. The molecule has 0 aliphatic rings. The molecule has 6 nitrogen and oxygen atoms in total. The fraction of sp³-hybridized carbons (Fsp3) is 0.111. The van der Waals surface area contributed by atoms with Crippen LogP contribution in [0.15, 0.2) is 54.7 Å². The number of halogens is 1. The number of nitrogens with zero attached hydrogens (tertiary/aromatic N) is 2. The summed E-state index contributed by atoms with van der Waals surface area (Å²) >= 11 is 6.17. The molecule has 0 spiro atoms. The van der Waals surface area contributed by atoms with Crippen molar-refractivity contribution in [3.8, 4) is 17.0 Å². The molecule has 1 aromatic heterocycles. The normalized spacial score (nSPS) is 11.3. The Balaban J connectivity index is 2.24. The van der Waals surface area contributed by atoms with Crippen LogP contribution in [0.3, 0.4) is 0 Å². The first-order chi connectivity index (χ1) is 12.3. The van der Waals surface area contributed by atoms with Gasteiger partial charge in [0.1, 0.15) is 5.75 Å². The largest absolute Gasteiger partial charge is 0.495 e. The molecule has 0 saturated carbocycles. The predicted octanol–water partition coefficient (Wildman–Crippen LogP) is 3.25. The molecule has 3 aromatic rings. The van der Waals surface area contributed by atoms with Gasteiger partial charge in [-0.15, -0.1) is 0 Å². The number of benzene rings is 2. The number of carbonyl (C=O) groups is 1. The molecule has 26 heavy (non-hydrogen) atoms. The maximum Gasteiger partial charge on any atom is 0.251 e. The van der Waals surface area contributed by atoms with Gasteiger partial charge in [-0.2, -0.15) is 9.19 Å². The van der Waals surface area contributed by atoms with Crippen molar-refractivity contribution in [2.45, 2.75) is 0 Å². The monoisotopic (exact) mass is 390 g/mol. The molecule has 0 amide bonds. The van der Waals surface area contributed by atoms with Gasteiger partial charge in [0.2, 0.25) is 0 Å². The summed E-state index contributed by atoms with van der Waals surface area (Å²) in [5.74, 6) is 0.110. The van der Waals surface area contributed by atoms with Crippen LogP contribution in [-0.2, 0) is 10.0 Å². The van der Waals surface area contributed by atoms with Crippen molar-refractivity contribution in [3.63, 3.8) is 0 Å². The fourth-order valence-electron chi connectivity index (χ4n) is 2.57. The minimum atomic E-state index is -3.73. The predicted molar refractivity (Wildman–Crippen MR) is 99.3 cm³/mol. The van der Waals surface area contributed by atoms with Crippen molar-refractivity contribution >= 4 is 27.4 Å². The van der Waals surface area contributed by atoms with Gasteiger partial charge in [-0.25, -0.2) is 8.42 Å². The molecule has 0 aliphatic heterocycles. The van der Waals surface area contributed by atoms with E-state index in [-0.39, 0.29) is 17.0 Å². The first-order valence-corrected chi connectivity index (χ1v) is 9.78. The minimum Gasteiger partial charge on any atom is -0.495 e. The van der Waals surface area contributed by atoms with Crippen LogP contribution in [0.1, 0.15) is 15.9 Å². The smallest absolute Gasteiger partial charge is 0.251 e. The third-order valence-corrected chi connectivity index (χ3v) is 4.96. The molecule has 1 heterocycles. The van der Waals surface area contributed by atoms with E-state index in [1.807, 2.05) is 0 Å². The molecule has 8 heteroatoms. The third kappa shape index (κ3) is 3.36. The topological polar surface area (TPSA) is 78.3 Å². The van der Waals surface area contributed by atoms with Gasteiger partial charge in [-0.3, -0.25) is 4.79 Å². The summed E-state index contributed by atoms with van der Waals surface area (Å²) in [6, 6.07) is 13.4. The van der Waals surface area contributed by atoms with Crippen LogP contribution in [0.5, 0.6) is 5.75 Å². The molecule has 0 aliphatic carbocycles. The van der Waals surface area contributed by atoms with Crippen molar-refractivity contribution in [1.82, 2.24) is 9.19 Å². The highest BCUT2D eigenvalue weighted by Gasteiger charge is 2.24. The van der Waals surface area contributed by atoms with Crippen molar-refractivity contribution in [3.05, 3.63) is 70.9 Å². The second-order valence-corrected chi connectivity index (χ2v) is 7.78. The average molecular weight is 391 g/mol. The first kappa shape index (κ1) is 18.2.